The van der Waals surface area contributed by atoms with Crippen molar-refractivity contribution < 1.29 is 23.9 Å². The molecule has 0 spiro atoms. The molecule has 1 aromatic carbocycles. The summed E-state index contributed by atoms with van der Waals surface area (Å²) in [5.74, 6) is -1.38. The molecule has 1 atom stereocenters. The molecule has 1 aliphatic heterocycles. The minimum Gasteiger partial charge on any atom is -0.449 e. The molecule has 2 fully saturated rings. The van der Waals surface area contributed by atoms with Crippen molar-refractivity contribution in [3.63, 3.8) is 0 Å². The van der Waals surface area contributed by atoms with E-state index in [-0.39, 0.29) is 24.6 Å². The fraction of sp³-hybridized carbons (Fsp3) is 0.500. The van der Waals surface area contributed by atoms with E-state index >= 15 is 0 Å². The maximum absolute atomic E-state index is 12.8. The number of carbonyl (C=O) groups is 4. The molecule has 4 amide bonds. The quantitative estimate of drug-likeness (QED) is 0.549. The van der Waals surface area contributed by atoms with E-state index in [0.717, 1.165) is 24.2 Å². The Morgan fingerprint density at radius 2 is 1.87 bits per heavy atom. The van der Waals surface area contributed by atoms with Gasteiger partial charge in [-0.3, -0.25) is 14.5 Å². The molecule has 164 valence electrons. The van der Waals surface area contributed by atoms with Crippen LogP contribution in [-0.4, -0.2) is 58.8 Å². The first-order valence-corrected chi connectivity index (χ1v) is 10.3. The van der Waals surface area contributed by atoms with E-state index in [1.165, 1.54) is 24.0 Å². The highest BCUT2D eigenvalue weighted by atomic mass is 16.5. The van der Waals surface area contributed by atoms with Crippen LogP contribution in [0.3, 0.4) is 0 Å². The minimum atomic E-state index is -1.03. The summed E-state index contributed by atoms with van der Waals surface area (Å²) >= 11 is 0. The number of nitrogens with zero attached hydrogens (tertiary/aromatic N) is 3. The molecule has 0 unspecified atom stereocenters. The Bertz CT molecular complexity index is 899. The summed E-state index contributed by atoms with van der Waals surface area (Å²) in [6.07, 6.45) is 3.02. The van der Waals surface area contributed by atoms with E-state index in [0.29, 0.717) is 18.4 Å². The van der Waals surface area contributed by atoms with E-state index in [2.05, 4.69) is 11.4 Å². The summed E-state index contributed by atoms with van der Waals surface area (Å²) in [4.78, 5) is 51.1. The van der Waals surface area contributed by atoms with E-state index in [9.17, 15) is 24.4 Å². The zero-order valence-corrected chi connectivity index (χ0v) is 17.7. The van der Waals surface area contributed by atoms with Gasteiger partial charge in [0.15, 0.2) is 6.10 Å². The number of nitrogens with one attached hydrogen (secondary N) is 1. The molecule has 1 saturated heterocycles. The van der Waals surface area contributed by atoms with Crippen LogP contribution in [0.5, 0.6) is 0 Å². The first-order chi connectivity index (χ1) is 14.8. The number of esters is 1. The predicted octanol–water partition coefficient (Wildman–Crippen LogP) is 1.97. The number of nitriles is 1. The van der Waals surface area contributed by atoms with E-state index in [1.807, 2.05) is 0 Å². The largest absolute Gasteiger partial charge is 0.449 e. The maximum atomic E-state index is 12.8. The number of carbonyl (C=O) groups excluding carboxylic acids is 4. The number of ether oxygens (including phenoxy) is 1. The average molecular weight is 426 g/mol. The number of amides is 4. The SMILES string of the molecule is C[C@H](OC(=O)c1ccc(CN2C(=O)CNC2=O)cc1)C(=O)N(C)C1(C#N)CCCCC1. The summed E-state index contributed by atoms with van der Waals surface area (Å²) in [6.45, 7) is 1.59. The highest BCUT2D eigenvalue weighted by Crippen LogP contribution is 2.33. The van der Waals surface area contributed by atoms with E-state index < -0.39 is 29.6 Å². The van der Waals surface area contributed by atoms with Gasteiger partial charge in [-0.15, -0.1) is 0 Å². The second-order valence-electron chi connectivity index (χ2n) is 7.98. The van der Waals surface area contributed by atoms with Crippen molar-refractivity contribution in [1.82, 2.24) is 15.1 Å². The highest BCUT2D eigenvalue weighted by Gasteiger charge is 2.40. The van der Waals surface area contributed by atoms with E-state index in [4.69, 9.17) is 4.74 Å². The van der Waals surface area contributed by atoms with Gasteiger partial charge in [0, 0.05) is 7.05 Å². The third kappa shape index (κ3) is 4.68. The molecular weight excluding hydrogens is 400 g/mol. The molecule has 1 heterocycles. The molecule has 2 aliphatic rings. The second kappa shape index (κ2) is 9.16. The smallest absolute Gasteiger partial charge is 0.338 e. The molecule has 1 saturated carbocycles. The lowest BCUT2D eigenvalue weighted by molar-refractivity contribution is -0.143. The van der Waals surface area contributed by atoms with Crippen molar-refractivity contribution in [1.29, 1.82) is 5.26 Å². The Hall–Kier alpha value is -3.41. The Morgan fingerprint density at radius 3 is 2.42 bits per heavy atom. The summed E-state index contributed by atoms with van der Waals surface area (Å²) in [7, 11) is 1.59. The molecule has 0 radical (unpaired) electrons. The van der Waals surface area contributed by atoms with Gasteiger partial charge in [-0.25, -0.2) is 9.59 Å². The number of imide groups is 1. The van der Waals surface area contributed by atoms with Crippen molar-refractivity contribution in [2.45, 2.75) is 57.2 Å². The van der Waals surface area contributed by atoms with Gasteiger partial charge in [-0.05, 0) is 37.5 Å². The molecule has 1 aromatic rings. The lowest BCUT2D eigenvalue weighted by Gasteiger charge is -2.39. The number of hydrogen-bond acceptors (Lipinski definition) is 6. The Balaban J connectivity index is 1.60. The van der Waals surface area contributed by atoms with Gasteiger partial charge in [-0.1, -0.05) is 31.4 Å². The summed E-state index contributed by atoms with van der Waals surface area (Å²) < 4.78 is 5.34. The number of hydrogen-bond donors (Lipinski definition) is 1. The highest BCUT2D eigenvalue weighted by molar-refractivity contribution is 6.01. The Kier molecular flexibility index (Phi) is 6.59. The van der Waals surface area contributed by atoms with Gasteiger partial charge in [0.1, 0.15) is 5.54 Å². The predicted molar refractivity (Wildman–Crippen MR) is 109 cm³/mol. The summed E-state index contributed by atoms with van der Waals surface area (Å²) in [5.41, 5.74) is 0.0757. The normalized spacial score (nSPS) is 18.7. The maximum Gasteiger partial charge on any atom is 0.338 e. The van der Waals surface area contributed by atoms with Crippen molar-refractivity contribution in [3.8, 4) is 6.07 Å². The van der Waals surface area contributed by atoms with Crippen LogP contribution in [0.15, 0.2) is 24.3 Å². The van der Waals surface area contributed by atoms with Gasteiger partial charge in [0.2, 0.25) is 5.91 Å². The van der Waals surface area contributed by atoms with Crippen LogP contribution in [0.1, 0.15) is 54.9 Å². The summed E-state index contributed by atoms with van der Waals surface area (Å²) in [6, 6.07) is 8.14. The fourth-order valence-corrected chi connectivity index (χ4v) is 3.97. The van der Waals surface area contributed by atoms with Crippen LogP contribution in [0.25, 0.3) is 0 Å². The van der Waals surface area contributed by atoms with Gasteiger partial charge in [-0.2, -0.15) is 5.26 Å². The number of urea groups is 1. The third-order valence-electron chi connectivity index (χ3n) is 5.96. The van der Waals surface area contributed by atoms with Crippen LogP contribution in [0, 0.1) is 11.3 Å². The molecule has 3 rings (SSSR count). The average Bonchev–Trinajstić information content (AvgIpc) is 3.10. The van der Waals surface area contributed by atoms with Crippen molar-refractivity contribution >= 4 is 23.8 Å². The first kappa shape index (κ1) is 22.3. The number of rotatable bonds is 6. The van der Waals surface area contributed by atoms with Gasteiger partial charge in [0.05, 0.1) is 24.7 Å². The standard InChI is InChI=1S/C22H26N4O5/c1-15(19(28)25(2)22(14-23)10-4-3-5-11-22)31-20(29)17-8-6-16(7-9-17)13-26-18(27)12-24-21(26)30/h6-9,15H,3-5,10-13H2,1-2H3,(H,24,30)/t15-/m0/s1. The van der Waals surface area contributed by atoms with Gasteiger partial charge in [0.25, 0.3) is 5.91 Å². The molecule has 9 nitrogen and oxygen atoms in total. The third-order valence-corrected chi connectivity index (χ3v) is 5.96. The molecule has 1 aliphatic carbocycles. The zero-order chi connectivity index (χ0) is 22.6. The fourth-order valence-electron chi connectivity index (χ4n) is 3.97. The monoisotopic (exact) mass is 426 g/mol. The van der Waals surface area contributed by atoms with E-state index in [1.54, 1.807) is 19.2 Å². The van der Waals surface area contributed by atoms with Crippen LogP contribution in [0.2, 0.25) is 0 Å². The number of likely N-dealkylation sites (N-methyl/N-ethyl adjacent to an activating group) is 1. The van der Waals surface area contributed by atoms with Crippen LogP contribution < -0.4 is 5.32 Å². The van der Waals surface area contributed by atoms with Gasteiger partial charge < -0.3 is 15.0 Å². The molecule has 0 aromatic heterocycles. The Labute approximate surface area is 180 Å². The Morgan fingerprint density at radius 1 is 1.23 bits per heavy atom. The van der Waals surface area contributed by atoms with Crippen LogP contribution >= 0.6 is 0 Å². The van der Waals surface area contributed by atoms with Crippen molar-refractivity contribution in [2.75, 3.05) is 13.6 Å². The molecule has 1 N–H and O–H groups in total. The van der Waals surface area contributed by atoms with Crippen LogP contribution in [-0.2, 0) is 20.9 Å². The van der Waals surface area contributed by atoms with Crippen LogP contribution in [0.4, 0.5) is 4.79 Å². The molecule has 0 bridgehead atoms. The lowest BCUT2D eigenvalue weighted by Crippen LogP contribution is -2.53. The lowest BCUT2D eigenvalue weighted by atomic mass is 9.81. The summed E-state index contributed by atoms with van der Waals surface area (Å²) in [5, 5.41) is 12.1. The second-order valence-corrected chi connectivity index (χ2v) is 7.98. The van der Waals surface area contributed by atoms with Crippen molar-refractivity contribution in [2.24, 2.45) is 0 Å². The first-order valence-electron chi connectivity index (χ1n) is 10.3. The zero-order valence-electron chi connectivity index (χ0n) is 17.7. The molecular formula is C22H26N4O5. The molecule has 31 heavy (non-hydrogen) atoms. The topological polar surface area (TPSA) is 120 Å². The minimum absolute atomic E-state index is 0.0172. The van der Waals surface area contributed by atoms with Crippen molar-refractivity contribution in [3.05, 3.63) is 35.4 Å². The van der Waals surface area contributed by atoms with Gasteiger partial charge >= 0.3 is 12.0 Å². The number of benzene rings is 1. The molecule has 9 heteroatoms.